The minimum absolute atomic E-state index is 0.0465. The van der Waals surface area contributed by atoms with Crippen LogP contribution < -0.4 is 5.73 Å². The Bertz CT molecular complexity index is 414. The van der Waals surface area contributed by atoms with E-state index < -0.39 is 0 Å². The van der Waals surface area contributed by atoms with Gasteiger partial charge in [-0.15, -0.1) is 0 Å². The van der Waals surface area contributed by atoms with Crippen LogP contribution in [0.15, 0.2) is 18.3 Å². The molecule has 0 saturated carbocycles. The molecule has 86 valence electrons. The summed E-state index contributed by atoms with van der Waals surface area (Å²) in [4.78, 5) is 18.1. The van der Waals surface area contributed by atoms with Crippen molar-refractivity contribution in [3.8, 4) is 0 Å². The van der Waals surface area contributed by atoms with Crippen LogP contribution >= 0.6 is 0 Å². The Morgan fingerprint density at radius 1 is 1.56 bits per heavy atom. The number of nitrogen functional groups attached to an aromatic ring is 1. The number of likely N-dealkylation sites (tertiary alicyclic amines) is 1. The number of carbonyl (C=O) groups is 1. The Hall–Kier alpha value is -1.58. The van der Waals surface area contributed by atoms with Gasteiger partial charge in [-0.1, -0.05) is 0 Å². The van der Waals surface area contributed by atoms with Crippen LogP contribution in [-0.2, 0) is 0 Å². The minimum Gasteiger partial charge on any atom is -0.384 e. The summed E-state index contributed by atoms with van der Waals surface area (Å²) in [6, 6.07) is 3.35. The van der Waals surface area contributed by atoms with Crippen molar-refractivity contribution in [3.63, 3.8) is 0 Å². The van der Waals surface area contributed by atoms with Crippen molar-refractivity contribution in [2.45, 2.75) is 32.2 Å². The Balaban J connectivity index is 2.26. The van der Waals surface area contributed by atoms with Crippen molar-refractivity contribution < 1.29 is 4.79 Å². The maximum absolute atomic E-state index is 12.3. The van der Waals surface area contributed by atoms with Gasteiger partial charge in [0, 0.05) is 23.8 Å². The van der Waals surface area contributed by atoms with E-state index in [-0.39, 0.29) is 11.4 Å². The fourth-order valence-electron chi connectivity index (χ4n) is 2.22. The lowest BCUT2D eigenvalue weighted by atomic mass is 10.0. The smallest absolute Gasteiger partial charge is 0.254 e. The number of aromatic nitrogens is 1. The van der Waals surface area contributed by atoms with Crippen molar-refractivity contribution in [2.75, 3.05) is 12.3 Å². The summed E-state index contributed by atoms with van der Waals surface area (Å²) in [7, 11) is 0. The molecule has 1 aliphatic heterocycles. The molecule has 0 atom stereocenters. The summed E-state index contributed by atoms with van der Waals surface area (Å²) in [6.45, 7) is 5.03. The van der Waals surface area contributed by atoms with Gasteiger partial charge >= 0.3 is 0 Å². The zero-order valence-corrected chi connectivity index (χ0v) is 9.73. The quantitative estimate of drug-likeness (QED) is 0.781. The van der Waals surface area contributed by atoms with Gasteiger partial charge in [-0.2, -0.15) is 0 Å². The van der Waals surface area contributed by atoms with E-state index in [1.54, 1.807) is 18.3 Å². The van der Waals surface area contributed by atoms with Gasteiger partial charge in [-0.3, -0.25) is 4.79 Å². The molecule has 0 bridgehead atoms. The molecule has 4 heteroatoms. The fraction of sp³-hybridized carbons (Fsp3) is 0.500. The van der Waals surface area contributed by atoms with E-state index in [2.05, 4.69) is 18.8 Å². The topological polar surface area (TPSA) is 59.2 Å². The minimum atomic E-state index is -0.0465. The maximum atomic E-state index is 12.3. The fourth-order valence-corrected chi connectivity index (χ4v) is 2.22. The standard InChI is InChI=1S/C12H17N3O/c1-12(2)5-3-7-15(12)11(16)9-4-6-14-10(13)8-9/h4,6,8H,3,5,7H2,1-2H3,(H2,13,14). The number of nitrogens with zero attached hydrogens (tertiary/aromatic N) is 2. The average Bonchev–Trinajstić information content (AvgIpc) is 2.57. The molecular formula is C12H17N3O. The van der Waals surface area contributed by atoms with Crippen molar-refractivity contribution in [2.24, 2.45) is 0 Å². The summed E-state index contributed by atoms with van der Waals surface area (Å²) in [6.07, 6.45) is 3.70. The molecule has 1 saturated heterocycles. The first-order valence-electron chi connectivity index (χ1n) is 5.54. The Morgan fingerprint density at radius 3 is 2.88 bits per heavy atom. The number of carbonyl (C=O) groups excluding carboxylic acids is 1. The molecule has 0 unspecified atom stereocenters. The highest BCUT2D eigenvalue weighted by Crippen LogP contribution is 2.29. The van der Waals surface area contributed by atoms with Crippen LogP contribution in [0.5, 0.6) is 0 Å². The molecule has 16 heavy (non-hydrogen) atoms. The highest BCUT2D eigenvalue weighted by Gasteiger charge is 2.35. The first-order valence-corrected chi connectivity index (χ1v) is 5.54. The first kappa shape index (κ1) is 10.9. The SMILES string of the molecule is CC1(C)CCCN1C(=O)c1ccnc(N)c1. The van der Waals surface area contributed by atoms with E-state index in [0.29, 0.717) is 11.4 Å². The third-order valence-electron chi connectivity index (χ3n) is 3.17. The number of pyridine rings is 1. The Morgan fingerprint density at radius 2 is 2.31 bits per heavy atom. The molecule has 4 nitrogen and oxygen atoms in total. The van der Waals surface area contributed by atoms with Gasteiger partial charge in [0.15, 0.2) is 0 Å². The monoisotopic (exact) mass is 219 g/mol. The van der Waals surface area contributed by atoms with E-state index in [9.17, 15) is 4.79 Å². The second-order valence-electron chi connectivity index (χ2n) is 4.84. The van der Waals surface area contributed by atoms with E-state index in [1.807, 2.05) is 4.90 Å². The average molecular weight is 219 g/mol. The van der Waals surface area contributed by atoms with Crippen molar-refractivity contribution in [3.05, 3.63) is 23.9 Å². The summed E-state index contributed by atoms with van der Waals surface area (Å²) < 4.78 is 0. The zero-order chi connectivity index (χ0) is 11.8. The molecule has 1 amide bonds. The Kier molecular flexibility index (Phi) is 2.58. The lowest BCUT2D eigenvalue weighted by molar-refractivity contribution is 0.0652. The van der Waals surface area contributed by atoms with Gasteiger partial charge in [-0.25, -0.2) is 4.98 Å². The molecule has 1 aliphatic rings. The molecule has 1 fully saturated rings. The molecule has 0 aromatic carbocycles. The van der Waals surface area contributed by atoms with Crippen molar-refractivity contribution in [1.82, 2.24) is 9.88 Å². The van der Waals surface area contributed by atoms with Gasteiger partial charge in [-0.05, 0) is 38.8 Å². The van der Waals surface area contributed by atoms with Crippen LogP contribution in [-0.4, -0.2) is 27.9 Å². The van der Waals surface area contributed by atoms with Crippen LogP contribution in [0.2, 0.25) is 0 Å². The third-order valence-corrected chi connectivity index (χ3v) is 3.17. The normalized spacial score (nSPS) is 18.8. The second kappa shape index (κ2) is 3.77. The van der Waals surface area contributed by atoms with E-state index in [1.165, 1.54) is 0 Å². The number of amides is 1. The van der Waals surface area contributed by atoms with Gasteiger partial charge in [0.2, 0.25) is 0 Å². The van der Waals surface area contributed by atoms with Gasteiger partial charge < -0.3 is 10.6 Å². The molecule has 2 N–H and O–H groups in total. The summed E-state index contributed by atoms with van der Waals surface area (Å²) in [5.41, 5.74) is 6.16. The predicted octanol–water partition coefficient (Wildman–Crippen LogP) is 1.68. The lowest BCUT2D eigenvalue weighted by Gasteiger charge is -2.31. The van der Waals surface area contributed by atoms with Crippen LogP contribution in [0.1, 0.15) is 37.0 Å². The second-order valence-corrected chi connectivity index (χ2v) is 4.84. The molecule has 0 spiro atoms. The van der Waals surface area contributed by atoms with Crippen LogP contribution in [0, 0.1) is 0 Å². The summed E-state index contributed by atoms with van der Waals surface area (Å²) >= 11 is 0. The number of rotatable bonds is 1. The molecule has 2 heterocycles. The highest BCUT2D eigenvalue weighted by molar-refractivity contribution is 5.95. The van der Waals surface area contributed by atoms with Crippen LogP contribution in [0.25, 0.3) is 0 Å². The van der Waals surface area contributed by atoms with Crippen LogP contribution in [0.3, 0.4) is 0 Å². The Labute approximate surface area is 95.5 Å². The third kappa shape index (κ3) is 1.87. The number of anilines is 1. The van der Waals surface area contributed by atoms with E-state index in [4.69, 9.17) is 5.73 Å². The van der Waals surface area contributed by atoms with Gasteiger partial charge in [0.05, 0.1) is 0 Å². The van der Waals surface area contributed by atoms with E-state index >= 15 is 0 Å². The maximum Gasteiger partial charge on any atom is 0.254 e. The van der Waals surface area contributed by atoms with Gasteiger partial charge in [0.25, 0.3) is 5.91 Å². The first-order chi connectivity index (χ1) is 7.50. The van der Waals surface area contributed by atoms with E-state index in [0.717, 1.165) is 19.4 Å². The van der Waals surface area contributed by atoms with Crippen LogP contribution in [0.4, 0.5) is 5.82 Å². The molecule has 2 rings (SSSR count). The molecule has 0 aliphatic carbocycles. The molecule has 1 aromatic rings. The largest absolute Gasteiger partial charge is 0.384 e. The molecule has 1 aromatic heterocycles. The summed E-state index contributed by atoms with van der Waals surface area (Å²) in [5, 5.41) is 0. The lowest BCUT2D eigenvalue weighted by Crippen LogP contribution is -2.42. The number of hydrogen-bond acceptors (Lipinski definition) is 3. The van der Waals surface area contributed by atoms with Crippen molar-refractivity contribution in [1.29, 1.82) is 0 Å². The van der Waals surface area contributed by atoms with Gasteiger partial charge in [0.1, 0.15) is 5.82 Å². The number of hydrogen-bond donors (Lipinski definition) is 1. The highest BCUT2D eigenvalue weighted by atomic mass is 16.2. The molecule has 0 radical (unpaired) electrons. The predicted molar refractivity (Wildman–Crippen MR) is 63.0 cm³/mol. The molecular weight excluding hydrogens is 202 g/mol. The zero-order valence-electron chi connectivity index (χ0n) is 9.73. The summed E-state index contributed by atoms with van der Waals surface area (Å²) in [5.74, 6) is 0.444. The number of nitrogens with two attached hydrogens (primary N) is 1. The van der Waals surface area contributed by atoms with Crippen molar-refractivity contribution >= 4 is 11.7 Å².